The van der Waals surface area contributed by atoms with Gasteiger partial charge in [-0.2, -0.15) is 28.2 Å². The van der Waals surface area contributed by atoms with Crippen molar-refractivity contribution in [3.05, 3.63) is 78.8 Å². The van der Waals surface area contributed by atoms with Gasteiger partial charge in [0.1, 0.15) is 49.0 Å². The zero-order chi connectivity index (χ0) is 43.7. The van der Waals surface area contributed by atoms with Crippen molar-refractivity contribution in [2.24, 2.45) is 20.5 Å². The maximum atomic E-state index is 13.6. The molecule has 3 N–H and O–H groups in total. The van der Waals surface area contributed by atoms with Crippen LogP contribution in [-0.2, 0) is 53.0 Å². The van der Waals surface area contributed by atoms with Crippen molar-refractivity contribution in [1.82, 2.24) is 9.97 Å². The van der Waals surface area contributed by atoms with E-state index in [1.807, 2.05) is 0 Å². The van der Waals surface area contributed by atoms with Crippen LogP contribution in [-0.4, -0.2) is 67.7 Å². The van der Waals surface area contributed by atoms with Gasteiger partial charge in [-0.1, -0.05) is 0 Å². The fourth-order valence-corrected chi connectivity index (χ4v) is 7.59. The number of aromatic nitrogens is 2. The summed E-state index contributed by atoms with van der Waals surface area (Å²) in [6.45, 7) is -0.388. The molecule has 1 heterocycles. The topological polar surface area (TPSA) is 360 Å². The number of hydrogen-bond donors (Lipinski definition) is 3. The standard InChI is InChI=1S/C29H24F2N8O16S5.4Na/c30-24-13-25(35-29(31)34-24)33-16-3-8-23(60(48,49)50)21(11-16)37-39-27-22(56-54-52-41)12-19-18(28(27)40)6-7-20(32-14-59(45,46)47)26(19)38-36-15-1-4-17(5-2-15)58(43,44)10-9-51-57-55-53-42;;;;/h1-8,11-13,32,40-42H,9-10,14H2,(H,33,34,35)(H,45,46,47)(H,48,49,50);;;;/q;4*+1/p-4. The van der Waals surface area contributed by atoms with Crippen molar-refractivity contribution in [2.75, 3.05) is 28.9 Å². The van der Waals surface area contributed by atoms with Crippen LogP contribution in [0.4, 0.5) is 48.7 Å². The van der Waals surface area contributed by atoms with Crippen molar-refractivity contribution in [1.29, 1.82) is 0 Å². The number of sulfone groups is 1. The maximum Gasteiger partial charge on any atom is 1.00 e. The number of anilines is 3. The molecule has 0 saturated carbocycles. The number of nitrogens with zero attached hydrogens (tertiary/aromatic N) is 6. The Morgan fingerprint density at radius 2 is 1.44 bits per heavy atom. The average Bonchev–Trinajstić information content (AvgIpc) is 3.17. The molecule has 0 aliphatic carbocycles. The second kappa shape index (κ2) is 27.8. The number of phenolic OH excluding ortho intramolecular Hbond substituents is 1. The summed E-state index contributed by atoms with van der Waals surface area (Å²) >= 11 is 0.252. The number of hydrogen-bond acceptors (Lipinski definition) is 26. The second-order valence-corrected chi connectivity index (χ2v) is 17.2. The molecule has 0 radical (unpaired) electrons. The number of aromatic hydroxyl groups is 1. The molecule has 5 aromatic rings. The fourth-order valence-electron chi connectivity index (χ4n) is 4.78. The van der Waals surface area contributed by atoms with Gasteiger partial charge in [-0.15, -0.1) is 19.7 Å². The quantitative estimate of drug-likeness (QED) is 0.00750. The molecule has 0 spiro atoms. The molecule has 320 valence electrons. The molecule has 0 aliphatic rings. The van der Waals surface area contributed by atoms with E-state index in [9.17, 15) is 58.8 Å². The third-order valence-electron chi connectivity index (χ3n) is 7.22. The second-order valence-electron chi connectivity index (χ2n) is 11.1. The molecule has 0 aliphatic heterocycles. The first-order chi connectivity index (χ1) is 28.4. The Labute approximate surface area is 457 Å². The Hall–Kier alpha value is -1.13. The molecule has 5 rings (SSSR count). The number of rotatable bonds is 20. The van der Waals surface area contributed by atoms with Crippen LogP contribution < -0.4 is 139 Å². The number of benzene rings is 4. The van der Waals surface area contributed by atoms with E-state index in [0.29, 0.717) is 6.07 Å². The zero-order valence-electron chi connectivity index (χ0n) is 33.0. The molecule has 0 bridgehead atoms. The zero-order valence-corrected chi connectivity index (χ0v) is 45.1. The van der Waals surface area contributed by atoms with Crippen molar-refractivity contribution < 1.29 is 200 Å². The first-order valence-electron chi connectivity index (χ1n) is 15.5. The number of nitrogens with one attached hydrogen (secondary N) is 2. The van der Waals surface area contributed by atoms with E-state index in [1.165, 1.54) is 36.4 Å². The van der Waals surface area contributed by atoms with Crippen molar-refractivity contribution in [3.8, 4) is 5.75 Å². The summed E-state index contributed by atoms with van der Waals surface area (Å²) < 4.78 is 136. The van der Waals surface area contributed by atoms with E-state index in [-0.39, 0.29) is 193 Å². The molecule has 0 amide bonds. The molecule has 0 fully saturated rings. The first-order valence-corrected chi connectivity index (χ1v) is 21.5. The minimum absolute atomic E-state index is 0. The molecule has 0 atom stereocenters. The number of azo groups is 2. The molecule has 1 aromatic heterocycles. The summed E-state index contributed by atoms with van der Waals surface area (Å²) in [5.41, 5.74) is -1.70. The monoisotopic (exact) mass is 1030 g/mol. The summed E-state index contributed by atoms with van der Waals surface area (Å²) in [7, 11) is -14.1. The average molecular weight is 1030 g/mol. The Morgan fingerprint density at radius 1 is 0.766 bits per heavy atom. The molecule has 0 unspecified atom stereocenters. The van der Waals surface area contributed by atoms with Crippen LogP contribution in [0.15, 0.2) is 102 Å². The fraction of sp³-hybridized carbons (Fsp3) is 0.103. The smallest absolute Gasteiger partial charge is 0.747 e. The molecular formula is C29H20F2N8Na4O16S5. The van der Waals surface area contributed by atoms with Crippen LogP contribution in [0.2, 0.25) is 0 Å². The van der Waals surface area contributed by atoms with Gasteiger partial charge in [-0.25, -0.2) is 25.3 Å². The summed E-state index contributed by atoms with van der Waals surface area (Å²) in [6, 6.07) is 11.8. The summed E-state index contributed by atoms with van der Waals surface area (Å²) in [5.74, 6) is -4.13. The van der Waals surface area contributed by atoms with Gasteiger partial charge in [0, 0.05) is 22.5 Å². The number of halogens is 2. The van der Waals surface area contributed by atoms with Crippen LogP contribution >= 0.6 is 24.4 Å². The number of fused-ring (bicyclic) bond motifs is 1. The van der Waals surface area contributed by atoms with Gasteiger partial charge >= 0.3 is 124 Å². The van der Waals surface area contributed by atoms with E-state index in [4.69, 9.17) is 4.18 Å². The minimum Gasteiger partial charge on any atom is -0.747 e. The molecular weight excluding hydrogens is 1010 g/mol. The van der Waals surface area contributed by atoms with E-state index < -0.39 is 81.6 Å². The molecule has 64 heavy (non-hydrogen) atoms. The Balaban J connectivity index is 0.00000512. The van der Waals surface area contributed by atoms with E-state index in [0.717, 1.165) is 24.3 Å². The summed E-state index contributed by atoms with van der Waals surface area (Å²) in [6.07, 6.45) is -1.44. The SMILES string of the molecule is O=S(=O)([O-])CNc1ccc2c(O)c(N=Nc3cc(Nc4cc(F)nc(F)n4)ccc3S(=O)(=O)[O-])c(SOO[O-])cc2c1N=Nc1ccc(S(=O)(=O)CCOSOO[O-])cc1.[Na+].[Na+].[Na+].[Na+]. The van der Waals surface area contributed by atoms with Crippen molar-refractivity contribution in [2.45, 2.75) is 14.7 Å². The summed E-state index contributed by atoms with van der Waals surface area (Å²) in [4.78, 5) is 4.77. The van der Waals surface area contributed by atoms with Gasteiger partial charge in [0.25, 0.3) is 0 Å². The summed E-state index contributed by atoms with van der Waals surface area (Å²) in [5, 5.41) is 59.0. The van der Waals surface area contributed by atoms with Gasteiger partial charge in [-0.05, 0) is 60.7 Å². The molecule has 24 nitrogen and oxygen atoms in total. The third kappa shape index (κ3) is 17.7. The molecule has 0 saturated heterocycles. The van der Waals surface area contributed by atoms with E-state index in [2.05, 4.69) is 59.8 Å². The predicted molar refractivity (Wildman–Crippen MR) is 194 cm³/mol. The Bertz CT molecular complexity index is 2770. The van der Waals surface area contributed by atoms with Gasteiger partial charge in [0.2, 0.25) is 5.95 Å². The van der Waals surface area contributed by atoms with E-state index in [1.54, 1.807) is 0 Å². The number of phenols is 1. The van der Waals surface area contributed by atoms with Crippen molar-refractivity contribution >= 4 is 105 Å². The van der Waals surface area contributed by atoms with Gasteiger partial charge in [0.15, 0.2) is 27.9 Å². The predicted octanol–water partition coefficient (Wildman–Crippen LogP) is -8.17. The van der Waals surface area contributed by atoms with Gasteiger partial charge in [0.05, 0.1) is 50.5 Å². The third-order valence-corrected chi connectivity index (χ3v) is 11.3. The maximum absolute atomic E-state index is 13.6. The molecule has 4 aromatic carbocycles. The molecule has 35 heteroatoms. The minimum atomic E-state index is -5.26. The van der Waals surface area contributed by atoms with Crippen molar-refractivity contribution in [3.63, 3.8) is 0 Å². The van der Waals surface area contributed by atoms with Crippen LogP contribution in [0, 0.1) is 12.0 Å². The van der Waals surface area contributed by atoms with E-state index >= 15 is 0 Å². The Kier molecular flexibility index (Phi) is 26.4. The normalized spacial score (nSPS) is 11.7. The largest absolute Gasteiger partial charge is 1.00 e. The van der Waals surface area contributed by atoms with Crippen LogP contribution in [0.1, 0.15) is 0 Å². The van der Waals surface area contributed by atoms with Crippen LogP contribution in [0.25, 0.3) is 10.8 Å². The van der Waals surface area contributed by atoms with Crippen LogP contribution in [0.5, 0.6) is 5.75 Å². The van der Waals surface area contributed by atoms with Gasteiger partial charge in [-0.3, -0.25) is 14.3 Å². The Morgan fingerprint density at radius 3 is 2.06 bits per heavy atom. The first kappa shape index (κ1) is 60.9. The van der Waals surface area contributed by atoms with Crippen LogP contribution in [0.3, 0.4) is 0 Å². The van der Waals surface area contributed by atoms with Gasteiger partial charge < -0.3 is 35.4 Å².